The molecule has 1 aromatic carbocycles. The number of halogens is 1. The predicted molar refractivity (Wildman–Crippen MR) is 90.5 cm³/mol. The molecule has 4 heteroatoms. The van der Waals surface area contributed by atoms with Gasteiger partial charge in [0.2, 0.25) is 0 Å². The van der Waals surface area contributed by atoms with Crippen LogP contribution >= 0.6 is 15.9 Å². The maximum absolute atomic E-state index is 4.57. The topological polar surface area (TPSA) is 37.8 Å². The Bertz CT molecular complexity index is 799. The second-order valence-corrected chi connectivity index (χ2v) is 5.87. The third kappa shape index (κ3) is 3.05. The Morgan fingerprint density at radius 1 is 1.05 bits per heavy atom. The molecular formula is C17H16BrN3. The summed E-state index contributed by atoms with van der Waals surface area (Å²) >= 11 is 3.39. The monoisotopic (exact) mass is 341 g/mol. The fraction of sp³-hybridized carbons (Fsp3) is 0.176. The van der Waals surface area contributed by atoms with Gasteiger partial charge in [-0.2, -0.15) is 0 Å². The van der Waals surface area contributed by atoms with E-state index in [-0.39, 0.29) is 0 Å². The third-order valence-corrected chi connectivity index (χ3v) is 3.89. The molecule has 0 fully saturated rings. The van der Waals surface area contributed by atoms with Gasteiger partial charge in [-0.15, -0.1) is 0 Å². The zero-order valence-electron chi connectivity index (χ0n) is 12.0. The molecule has 0 aliphatic carbocycles. The molecule has 0 aliphatic rings. The molecule has 0 bridgehead atoms. The van der Waals surface area contributed by atoms with E-state index in [1.165, 1.54) is 10.9 Å². The van der Waals surface area contributed by atoms with Crippen LogP contribution in [0.5, 0.6) is 0 Å². The van der Waals surface area contributed by atoms with Crippen LogP contribution in [0, 0.1) is 13.8 Å². The molecule has 21 heavy (non-hydrogen) atoms. The summed E-state index contributed by atoms with van der Waals surface area (Å²) in [5, 5.41) is 4.66. The number of anilines is 1. The number of pyridine rings is 2. The molecule has 1 N–H and O–H groups in total. The van der Waals surface area contributed by atoms with Crippen molar-refractivity contribution in [2.24, 2.45) is 0 Å². The number of nitrogens with one attached hydrogen (secondary N) is 1. The van der Waals surface area contributed by atoms with Crippen molar-refractivity contribution in [1.29, 1.82) is 0 Å². The number of hydrogen-bond donors (Lipinski definition) is 1. The number of benzene rings is 1. The van der Waals surface area contributed by atoms with E-state index in [0.29, 0.717) is 0 Å². The lowest BCUT2D eigenvalue weighted by molar-refractivity contribution is 1.09. The lowest BCUT2D eigenvalue weighted by Gasteiger charge is -2.12. The Balaban J connectivity index is 1.91. The lowest BCUT2D eigenvalue weighted by Crippen LogP contribution is -2.04. The SMILES string of the molecule is Cc1cc(CNc2ccc(Br)nc2C)c2ccccc2n1. The molecule has 0 aliphatic heterocycles. The van der Waals surface area contributed by atoms with Gasteiger partial charge in [0.25, 0.3) is 0 Å². The number of fused-ring (bicyclic) bond motifs is 1. The molecule has 0 unspecified atom stereocenters. The van der Waals surface area contributed by atoms with Crippen LogP contribution in [0.2, 0.25) is 0 Å². The minimum atomic E-state index is 0.758. The standard InChI is InChI=1S/C17H16BrN3/c1-11-9-13(14-5-3-4-6-16(14)20-11)10-19-15-7-8-17(18)21-12(15)2/h3-9,19H,10H2,1-2H3. The molecule has 0 spiro atoms. The number of para-hydroxylation sites is 1. The van der Waals surface area contributed by atoms with Gasteiger partial charge in [-0.3, -0.25) is 4.98 Å². The average molecular weight is 342 g/mol. The summed E-state index contributed by atoms with van der Waals surface area (Å²) in [6, 6.07) is 14.4. The van der Waals surface area contributed by atoms with E-state index in [2.05, 4.69) is 55.5 Å². The van der Waals surface area contributed by atoms with E-state index in [4.69, 9.17) is 0 Å². The Hall–Kier alpha value is -1.94. The highest BCUT2D eigenvalue weighted by molar-refractivity contribution is 9.10. The van der Waals surface area contributed by atoms with Crippen LogP contribution in [0.4, 0.5) is 5.69 Å². The molecule has 2 heterocycles. The highest BCUT2D eigenvalue weighted by Gasteiger charge is 2.05. The first kappa shape index (κ1) is 14.0. The van der Waals surface area contributed by atoms with Crippen molar-refractivity contribution in [1.82, 2.24) is 9.97 Å². The molecule has 0 radical (unpaired) electrons. The summed E-state index contributed by atoms with van der Waals surface area (Å²) < 4.78 is 0.857. The van der Waals surface area contributed by atoms with E-state index in [0.717, 1.165) is 33.7 Å². The van der Waals surface area contributed by atoms with Crippen molar-refractivity contribution in [2.45, 2.75) is 20.4 Å². The molecule has 0 saturated carbocycles. The smallest absolute Gasteiger partial charge is 0.106 e. The minimum absolute atomic E-state index is 0.758. The largest absolute Gasteiger partial charge is 0.379 e. The maximum Gasteiger partial charge on any atom is 0.106 e. The molecule has 3 rings (SSSR count). The quantitative estimate of drug-likeness (QED) is 0.706. The van der Waals surface area contributed by atoms with Gasteiger partial charge in [0, 0.05) is 17.6 Å². The first-order valence-electron chi connectivity index (χ1n) is 6.86. The molecule has 0 atom stereocenters. The van der Waals surface area contributed by atoms with Crippen LogP contribution in [0.3, 0.4) is 0 Å². The van der Waals surface area contributed by atoms with Crippen molar-refractivity contribution in [3.8, 4) is 0 Å². The number of nitrogens with zero attached hydrogens (tertiary/aromatic N) is 2. The van der Waals surface area contributed by atoms with E-state index in [1.807, 2.05) is 32.0 Å². The summed E-state index contributed by atoms with van der Waals surface area (Å²) in [6.45, 7) is 4.79. The second-order valence-electron chi connectivity index (χ2n) is 5.06. The summed E-state index contributed by atoms with van der Waals surface area (Å²) in [6.07, 6.45) is 0. The summed E-state index contributed by atoms with van der Waals surface area (Å²) in [5.41, 5.74) is 5.37. The maximum atomic E-state index is 4.57. The highest BCUT2D eigenvalue weighted by atomic mass is 79.9. The zero-order chi connectivity index (χ0) is 14.8. The van der Waals surface area contributed by atoms with E-state index < -0.39 is 0 Å². The fourth-order valence-electron chi connectivity index (χ4n) is 2.45. The van der Waals surface area contributed by atoms with Gasteiger partial charge in [0.05, 0.1) is 16.9 Å². The number of rotatable bonds is 3. The third-order valence-electron chi connectivity index (χ3n) is 3.45. The molecule has 106 valence electrons. The van der Waals surface area contributed by atoms with Crippen LogP contribution < -0.4 is 5.32 Å². The van der Waals surface area contributed by atoms with Crippen molar-refractivity contribution >= 4 is 32.5 Å². The molecule has 0 saturated heterocycles. The van der Waals surface area contributed by atoms with Gasteiger partial charge >= 0.3 is 0 Å². The minimum Gasteiger partial charge on any atom is -0.379 e. The van der Waals surface area contributed by atoms with E-state index >= 15 is 0 Å². The zero-order valence-corrected chi connectivity index (χ0v) is 13.6. The highest BCUT2D eigenvalue weighted by Crippen LogP contribution is 2.21. The van der Waals surface area contributed by atoms with E-state index in [9.17, 15) is 0 Å². The lowest BCUT2D eigenvalue weighted by atomic mass is 10.1. The van der Waals surface area contributed by atoms with Gasteiger partial charge in [-0.05, 0) is 59.6 Å². The first-order chi connectivity index (χ1) is 10.1. The Morgan fingerprint density at radius 2 is 1.86 bits per heavy atom. The molecule has 2 aromatic heterocycles. The van der Waals surface area contributed by atoms with Crippen LogP contribution in [0.15, 0.2) is 47.1 Å². The molecule has 0 amide bonds. The second kappa shape index (κ2) is 5.82. The van der Waals surface area contributed by atoms with E-state index in [1.54, 1.807) is 0 Å². The van der Waals surface area contributed by atoms with Crippen molar-refractivity contribution in [3.63, 3.8) is 0 Å². The van der Waals surface area contributed by atoms with Crippen LogP contribution in [0.1, 0.15) is 17.0 Å². The van der Waals surface area contributed by atoms with Crippen LogP contribution in [0.25, 0.3) is 10.9 Å². The van der Waals surface area contributed by atoms with Gasteiger partial charge in [0.15, 0.2) is 0 Å². The number of aromatic nitrogens is 2. The summed E-state index contributed by atoms with van der Waals surface area (Å²) in [5.74, 6) is 0. The van der Waals surface area contributed by atoms with Gasteiger partial charge < -0.3 is 5.32 Å². The molecular weight excluding hydrogens is 326 g/mol. The van der Waals surface area contributed by atoms with Crippen LogP contribution in [-0.4, -0.2) is 9.97 Å². The van der Waals surface area contributed by atoms with Crippen molar-refractivity contribution in [2.75, 3.05) is 5.32 Å². The fourth-order valence-corrected chi connectivity index (χ4v) is 2.85. The molecule has 3 nitrogen and oxygen atoms in total. The Labute approximate surface area is 132 Å². The predicted octanol–water partition coefficient (Wildman–Crippen LogP) is 4.62. The summed E-state index contributed by atoms with van der Waals surface area (Å²) in [4.78, 5) is 8.98. The van der Waals surface area contributed by atoms with Crippen molar-refractivity contribution in [3.05, 3.63) is 64.0 Å². The number of hydrogen-bond acceptors (Lipinski definition) is 3. The van der Waals surface area contributed by atoms with Gasteiger partial charge in [-0.1, -0.05) is 18.2 Å². The Kier molecular flexibility index (Phi) is 3.88. The van der Waals surface area contributed by atoms with Crippen LogP contribution in [-0.2, 0) is 6.54 Å². The Morgan fingerprint density at radius 3 is 2.67 bits per heavy atom. The molecule has 3 aromatic rings. The van der Waals surface area contributed by atoms with Crippen molar-refractivity contribution < 1.29 is 0 Å². The number of aryl methyl sites for hydroxylation is 2. The van der Waals surface area contributed by atoms with Gasteiger partial charge in [-0.25, -0.2) is 4.98 Å². The average Bonchev–Trinajstić information content (AvgIpc) is 2.46. The normalized spacial score (nSPS) is 10.8. The van der Waals surface area contributed by atoms with Gasteiger partial charge in [0.1, 0.15) is 4.60 Å². The summed E-state index contributed by atoms with van der Waals surface area (Å²) in [7, 11) is 0. The first-order valence-corrected chi connectivity index (χ1v) is 7.65.